The van der Waals surface area contributed by atoms with Gasteiger partial charge in [-0.3, -0.25) is 0 Å². The van der Waals surface area contributed by atoms with Gasteiger partial charge in [-0.2, -0.15) is 0 Å². The van der Waals surface area contributed by atoms with Gasteiger partial charge in [0.25, 0.3) is 0 Å². The highest BCUT2D eigenvalue weighted by atomic mass is 16.5. The third-order valence-electron chi connectivity index (χ3n) is 3.25. The van der Waals surface area contributed by atoms with Crippen LogP contribution in [-0.2, 0) is 15.1 Å². The summed E-state index contributed by atoms with van der Waals surface area (Å²) in [6, 6.07) is 7.64. The summed E-state index contributed by atoms with van der Waals surface area (Å²) in [6.45, 7) is 2.20. The lowest BCUT2D eigenvalue weighted by Gasteiger charge is -2.33. The Hall–Kier alpha value is -1.10. The Morgan fingerprint density at radius 3 is 2.67 bits per heavy atom. The molecule has 0 saturated carbocycles. The number of ether oxygens (including phenoxy) is 3. The number of benzene rings is 1. The van der Waals surface area contributed by atoms with Crippen molar-refractivity contribution in [1.29, 1.82) is 0 Å². The topological polar surface area (TPSA) is 47.9 Å². The Morgan fingerprint density at radius 1 is 1.22 bits per heavy atom. The summed E-state index contributed by atoms with van der Waals surface area (Å²) < 4.78 is 15.9. The third-order valence-corrected chi connectivity index (χ3v) is 3.25. The Labute approximate surface area is 107 Å². The second-order valence-electron chi connectivity index (χ2n) is 4.48. The van der Waals surface area contributed by atoms with Crippen LogP contribution in [0.1, 0.15) is 18.4 Å². The lowest BCUT2D eigenvalue weighted by atomic mass is 9.86. The summed E-state index contributed by atoms with van der Waals surface area (Å²) in [5.74, 6) is 0.735. The van der Waals surface area contributed by atoms with E-state index in [1.54, 1.807) is 7.11 Å². The largest absolute Gasteiger partial charge is 0.491 e. The van der Waals surface area contributed by atoms with Crippen LogP contribution in [0, 0.1) is 0 Å². The zero-order valence-electron chi connectivity index (χ0n) is 10.7. The minimum atomic E-state index is -0.831. The molecule has 0 aromatic heterocycles. The van der Waals surface area contributed by atoms with Gasteiger partial charge in [0.15, 0.2) is 0 Å². The minimum absolute atomic E-state index is 0.486. The van der Waals surface area contributed by atoms with Crippen LogP contribution in [-0.4, -0.2) is 38.6 Å². The fraction of sp³-hybridized carbons (Fsp3) is 0.571. The molecule has 0 atom stereocenters. The van der Waals surface area contributed by atoms with E-state index < -0.39 is 5.60 Å². The maximum absolute atomic E-state index is 10.7. The van der Waals surface area contributed by atoms with Crippen LogP contribution in [0.15, 0.2) is 24.3 Å². The molecule has 0 amide bonds. The highest BCUT2D eigenvalue weighted by Crippen LogP contribution is 2.37. The van der Waals surface area contributed by atoms with E-state index in [1.807, 2.05) is 24.3 Å². The van der Waals surface area contributed by atoms with E-state index in [1.165, 1.54) is 0 Å². The van der Waals surface area contributed by atoms with Gasteiger partial charge in [0.1, 0.15) is 12.4 Å². The molecule has 4 heteroatoms. The zero-order valence-corrected chi connectivity index (χ0v) is 10.7. The Morgan fingerprint density at radius 2 is 1.94 bits per heavy atom. The molecule has 1 saturated heterocycles. The van der Waals surface area contributed by atoms with Gasteiger partial charge in [0, 0.05) is 38.7 Å². The second-order valence-corrected chi connectivity index (χ2v) is 4.48. The summed E-state index contributed by atoms with van der Waals surface area (Å²) in [7, 11) is 1.64. The summed E-state index contributed by atoms with van der Waals surface area (Å²) in [5, 5.41) is 10.7. The van der Waals surface area contributed by atoms with Gasteiger partial charge in [-0.05, 0) is 6.07 Å². The summed E-state index contributed by atoms with van der Waals surface area (Å²) >= 11 is 0. The molecule has 0 aliphatic carbocycles. The lowest BCUT2D eigenvalue weighted by molar-refractivity contribution is -0.0692. The lowest BCUT2D eigenvalue weighted by Crippen LogP contribution is -2.34. The molecule has 1 aliphatic heterocycles. The van der Waals surface area contributed by atoms with Crippen molar-refractivity contribution in [3.05, 3.63) is 29.8 Å². The molecule has 18 heavy (non-hydrogen) atoms. The van der Waals surface area contributed by atoms with Crippen molar-refractivity contribution in [2.45, 2.75) is 18.4 Å². The molecule has 0 spiro atoms. The first-order valence-corrected chi connectivity index (χ1v) is 6.28. The molecule has 1 aromatic carbocycles. The standard InChI is InChI=1S/C14H20O4/c1-16-10-11-18-13-5-3-2-4-12(13)14(15)6-8-17-9-7-14/h2-5,15H,6-11H2,1H3. The maximum Gasteiger partial charge on any atom is 0.125 e. The first-order chi connectivity index (χ1) is 8.76. The number of hydrogen-bond donors (Lipinski definition) is 1. The molecule has 0 unspecified atom stereocenters. The minimum Gasteiger partial charge on any atom is -0.491 e. The van der Waals surface area contributed by atoms with E-state index in [2.05, 4.69) is 0 Å². The van der Waals surface area contributed by atoms with Gasteiger partial charge < -0.3 is 19.3 Å². The van der Waals surface area contributed by atoms with Crippen LogP contribution < -0.4 is 4.74 Å². The SMILES string of the molecule is COCCOc1ccccc1C1(O)CCOCC1. The predicted octanol–water partition coefficient (Wildman–Crippen LogP) is 1.71. The maximum atomic E-state index is 10.7. The van der Waals surface area contributed by atoms with Crippen molar-refractivity contribution in [3.8, 4) is 5.75 Å². The van der Waals surface area contributed by atoms with Gasteiger partial charge in [-0.15, -0.1) is 0 Å². The summed E-state index contributed by atoms with van der Waals surface area (Å²) in [6.07, 6.45) is 1.22. The van der Waals surface area contributed by atoms with Crippen molar-refractivity contribution in [1.82, 2.24) is 0 Å². The third kappa shape index (κ3) is 3.02. The van der Waals surface area contributed by atoms with Crippen LogP contribution in [0.3, 0.4) is 0 Å². The van der Waals surface area contributed by atoms with E-state index in [4.69, 9.17) is 14.2 Å². The van der Waals surface area contributed by atoms with E-state index in [0.717, 1.165) is 11.3 Å². The smallest absolute Gasteiger partial charge is 0.125 e. The first kappa shape index (κ1) is 13.3. The second kappa shape index (κ2) is 6.18. The van der Waals surface area contributed by atoms with Crippen molar-refractivity contribution >= 4 is 0 Å². The number of methoxy groups -OCH3 is 1. The molecule has 1 aromatic rings. The van der Waals surface area contributed by atoms with Crippen LogP contribution >= 0.6 is 0 Å². The molecule has 2 rings (SSSR count). The zero-order chi connectivity index (χ0) is 12.8. The molecule has 1 heterocycles. The van der Waals surface area contributed by atoms with Crippen molar-refractivity contribution in [2.24, 2.45) is 0 Å². The fourth-order valence-electron chi connectivity index (χ4n) is 2.19. The summed E-state index contributed by atoms with van der Waals surface area (Å²) in [4.78, 5) is 0. The number of aliphatic hydroxyl groups is 1. The van der Waals surface area contributed by atoms with Gasteiger partial charge in [-0.25, -0.2) is 0 Å². The quantitative estimate of drug-likeness (QED) is 0.810. The average molecular weight is 252 g/mol. The fourth-order valence-corrected chi connectivity index (χ4v) is 2.19. The van der Waals surface area contributed by atoms with Crippen LogP contribution in [0.2, 0.25) is 0 Å². The Kier molecular flexibility index (Phi) is 4.58. The molecule has 0 radical (unpaired) electrons. The Bertz CT molecular complexity index is 372. The van der Waals surface area contributed by atoms with E-state index in [-0.39, 0.29) is 0 Å². The predicted molar refractivity (Wildman–Crippen MR) is 67.8 cm³/mol. The van der Waals surface area contributed by atoms with Crippen molar-refractivity contribution < 1.29 is 19.3 Å². The first-order valence-electron chi connectivity index (χ1n) is 6.28. The monoisotopic (exact) mass is 252 g/mol. The normalized spacial score (nSPS) is 18.6. The van der Waals surface area contributed by atoms with Crippen LogP contribution in [0.5, 0.6) is 5.75 Å². The van der Waals surface area contributed by atoms with Gasteiger partial charge in [-0.1, -0.05) is 18.2 Å². The number of hydrogen-bond acceptors (Lipinski definition) is 4. The van der Waals surface area contributed by atoms with E-state index in [0.29, 0.717) is 39.3 Å². The van der Waals surface area contributed by atoms with E-state index in [9.17, 15) is 5.11 Å². The Balaban J connectivity index is 2.15. The van der Waals surface area contributed by atoms with Crippen LogP contribution in [0.4, 0.5) is 0 Å². The van der Waals surface area contributed by atoms with Gasteiger partial charge in [0.2, 0.25) is 0 Å². The molecule has 1 N–H and O–H groups in total. The number of rotatable bonds is 5. The average Bonchev–Trinajstić information content (AvgIpc) is 2.40. The van der Waals surface area contributed by atoms with Gasteiger partial charge >= 0.3 is 0 Å². The van der Waals surface area contributed by atoms with Crippen molar-refractivity contribution in [2.75, 3.05) is 33.5 Å². The molecule has 100 valence electrons. The van der Waals surface area contributed by atoms with Crippen LogP contribution in [0.25, 0.3) is 0 Å². The molecule has 0 bridgehead atoms. The van der Waals surface area contributed by atoms with E-state index >= 15 is 0 Å². The molecular formula is C14H20O4. The van der Waals surface area contributed by atoms with Gasteiger partial charge in [0.05, 0.1) is 12.2 Å². The highest BCUT2D eigenvalue weighted by Gasteiger charge is 2.34. The molecule has 4 nitrogen and oxygen atoms in total. The number of para-hydroxylation sites is 1. The molecular weight excluding hydrogens is 232 g/mol. The molecule has 1 aliphatic rings. The molecule has 1 fully saturated rings. The summed E-state index contributed by atoms with van der Waals surface area (Å²) in [5.41, 5.74) is 0.0199. The highest BCUT2D eigenvalue weighted by molar-refractivity contribution is 5.38. The van der Waals surface area contributed by atoms with Crippen molar-refractivity contribution in [3.63, 3.8) is 0 Å².